The molecule has 0 radical (unpaired) electrons. The van der Waals surface area contributed by atoms with Gasteiger partial charge in [-0.2, -0.15) is 5.26 Å². The highest BCUT2D eigenvalue weighted by atomic mass is 16.5. The van der Waals surface area contributed by atoms with Crippen molar-refractivity contribution in [3.8, 4) is 11.8 Å². The normalized spacial score (nSPS) is 9.57. The summed E-state index contributed by atoms with van der Waals surface area (Å²) < 4.78 is 5.54. The molecule has 1 aromatic carbocycles. The first-order chi connectivity index (χ1) is 6.69. The van der Waals surface area contributed by atoms with E-state index in [9.17, 15) is 0 Å². The molecule has 0 unspecified atom stereocenters. The van der Waals surface area contributed by atoms with E-state index in [1.807, 2.05) is 26.0 Å². The first-order valence-electron chi connectivity index (χ1n) is 4.83. The summed E-state index contributed by atoms with van der Waals surface area (Å²) in [5.74, 6) is 0.736. The number of benzene rings is 1. The summed E-state index contributed by atoms with van der Waals surface area (Å²) >= 11 is 0. The van der Waals surface area contributed by atoms with E-state index in [2.05, 4.69) is 13.0 Å². The molecule has 0 heterocycles. The molecule has 0 spiro atoms. The summed E-state index contributed by atoms with van der Waals surface area (Å²) in [6.45, 7) is 6.67. The van der Waals surface area contributed by atoms with Gasteiger partial charge in [-0.1, -0.05) is 13.0 Å². The quantitative estimate of drug-likeness (QED) is 0.732. The fourth-order valence-corrected chi connectivity index (χ4v) is 1.43. The van der Waals surface area contributed by atoms with Gasteiger partial charge in [-0.05, 0) is 37.5 Å². The summed E-state index contributed by atoms with van der Waals surface area (Å²) in [7, 11) is 0. The van der Waals surface area contributed by atoms with Gasteiger partial charge in [-0.3, -0.25) is 0 Å². The lowest BCUT2D eigenvalue weighted by Crippen LogP contribution is -1.99. The molecular weight excluding hydrogens is 174 g/mol. The van der Waals surface area contributed by atoms with Crippen molar-refractivity contribution >= 4 is 0 Å². The van der Waals surface area contributed by atoms with E-state index >= 15 is 0 Å². The van der Waals surface area contributed by atoms with Gasteiger partial charge < -0.3 is 4.74 Å². The predicted octanol–water partition coefficient (Wildman–Crippen LogP) is 2.96. The first-order valence-corrected chi connectivity index (χ1v) is 4.83. The highest BCUT2D eigenvalue weighted by Crippen LogP contribution is 2.24. The van der Waals surface area contributed by atoms with Crippen LogP contribution < -0.4 is 4.74 Å². The molecule has 0 fully saturated rings. The minimum absolute atomic E-state index is 0.635. The van der Waals surface area contributed by atoms with Crippen molar-refractivity contribution in [1.29, 1.82) is 5.26 Å². The topological polar surface area (TPSA) is 33.0 Å². The molecule has 1 rings (SSSR count). The first kappa shape index (κ1) is 10.6. The number of ether oxygens (including phenoxy) is 1. The lowest BCUT2D eigenvalue weighted by atomic mass is 10.1. The Morgan fingerprint density at radius 3 is 2.64 bits per heavy atom. The molecule has 0 aromatic heterocycles. The van der Waals surface area contributed by atoms with Gasteiger partial charge in [0.15, 0.2) is 0 Å². The number of hydrogen-bond acceptors (Lipinski definition) is 2. The van der Waals surface area contributed by atoms with Gasteiger partial charge in [0.25, 0.3) is 0 Å². The maximum Gasteiger partial charge on any atom is 0.139 e. The number of nitriles is 1. The van der Waals surface area contributed by atoms with Gasteiger partial charge in [0.05, 0.1) is 12.2 Å². The number of aryl methyl sites for hydroxylation is 2. The Hall–Kier alpha value is -1.49. The molecule has 0 bridgehead atoms. The molecule has 1 aromatic rings. The summed E-state index contributed by atoms with van der Waals surface area (Å²) in [6, 6.07) is 6.05. The Morgan fingerprint density at radius 2 is 2.07 bits per heavy atom. The molecule has 0 saturated heterocycles. The van der Waals surface area contributed by atoms with Crippen LogP contribution in [0.1, 0.15) is 30.0 Å². The second-order valence-electron chi connectivity index (χ2n) is 3.42. The summed E-state index contributed by atoms with van der Waals surface area (Å²) in [4.78, 5) is 0. The molecule has 74 valence electrons. The Bertz CT molecular complexity index is 363. The van der Waals surface area contributed by atoms with E-state index in [0.29, 0.717) is 12.2 Å². The summed E-state index contributed by atoms with van der Waals surface area (Å²) in [5, 5.41) is 8.94. The SMILES string of the molecule is CCCOc1c(C)cc(C)cc1C#N. The standard InChI is InChI=1S/C12H15NO/c1-4-5-14-12-10(3)6-9(2)7-11(12)8-13/h6-7H,4-5H2,1-3H3. The Kier molecular flexibility index (Phi) is 3.53. The van der Waals surface area contributed by atoms with Crippen LogP contribution in [0.25, 0.3) is 0 Å². The highest BCUT2D eigenvalue weighted by molar-refractivity contribution is 5.50. The molecule has 0 aliphatic heterocycles. The minimum Gasteiger partial charge on any atom is -0.492 e. The van der Waals surface area contributed by atoms with Gasteiger partial charge >= 0.3 is 0 Å². The van der Waals surface area contributed by atoms with Crippen LogP contribution in [0.5, 0.6) is 5.75 Å². The molecule has 2 nitrogen and oxygen atoms in total. The van der Waals surface area contributed by atoms with Gasteiger partial charge in [-0.15, -0.1) is 0 Å². The molecule has 0 atom stereocenters. The van der Waals surface area contributed by atoms with Crippen LogP contribution in [0.3, 0.4) is 0 Å². The van der Waals surface area contributed by atoms with Gasteiger partial charge in [-0.25, -0.2) is 0 Å². The Morgan fingerprint density at radius 1 is 1.36 bits per heavy atom. The van der Waals surface area contributed by atoms with Crippen LogP contribution in [0, 0.1) is 25.2 Å². The fraction of sp³-hybridized carbons (Fsp3) is 0.417. The molecule has 0 aliphatic rings. The third-order valence-corrected chi connectivity index (χ3v) is 1.99. The Balaban J connectivity index is 3.07. The lowest BCUT2D eigenvalue weighted by molar-refractivity contribution is 0.314. The highest BCUT2D eigenvalue weighted by Gasteiger charge is 2.07. The second-order valence-corrected chi connectivity index (χ2v) is 3.42. The summed E-state index contributed by atoms with van der Waals surface area (Å²) in [6.07, 6.45) is 0.957. The number of rotatable bonds is 3. The fourth-order valence-electron chi connectivity index (χ4n) is 1.43. The maximum atomic E-state index is 8.94. The van der Waals surface area contributed by atoms with E-state index in [4.69, 9.17) is 10.00 Å². The average molecular weight is 189 g/mol. The molecule has 0 amide bonds. The monoisotopic (exact) mass is 189 g/mol. The predicted molar refractivity (Wildman–Crippen MR) is 56.4 cm³/mol. The van der Waals surface area contributed by atoms with E-state index in [1.54, 1.807) is 0 Å². The van der Waals surface area contributed by atoms with E-state index in [1.165, 1.54) is 0 Å². The smallest absolute Gasteiger partial charge is 0.139 e. The number of nitrogens with zero attached hydrogens (tertiary/aromatic N) is 1. The van der Waals surface area contributed by atoms with Crippen LogP contribution in [-0.4, -0.2) is 6.61 Å². The van der Waals surface area contributed by atoms with E-state index < -0.39 is 0 Å². The van der Waals surface area contributed by atoms with Crippen LogP contribution in [0.2, 0.25) is 0 Å². The van der Waals surface area contributed by atoms with Crippen LogP contribution in [-0.2, 0) is 0 Å². The van der Waals surface area contributed by atoms with Crippen LogP contribution >= 0.6 is 0 Å². The number of hydrogen-bond donors (Lipinski definition) is 0. The Labute approximate surface area is 85.1 Å². The molecule has 0 saturated carbocycles. The van der Waals surface area contributed by atoms with Crippen molar-refractivity contribution in [1.82, 2.24) is 0 Å². The zero-order valence-corrected chi connectivity index (χ0v) is 8.92. The molecule has 0 N–H and O–H groups in total. The van der Waals surface area contributed by atoms with Gasteiger partial charge in [0.1, 0.15) is 11.8 Å². The van der Waals surface area contributed by atoms with Crippen LogP contribution in [0.4, 0.5) is 0 Å². The van der Waals surface area contributed by atoms with Gasteiger partial charge in [0, 0.05) is 0 Å². The summed E-state index contributed by atoms with van der Waals surface area (Å²) in [5.41, 5.74) is 2.77. The van der Waals surface area contributed by atoms with Crippen molar-refractivity contribution in [2.24, 2.45) is 0 Å². The molecule has 0 aliphatic carbocycles. The van der Waals surface area contributed by atoms with Crippen molar-refractivity contribution in [2.45, 2.75) is 27.2 Å². The van der Waals surface area contributed by atoms with Crippen molar-refractivity contribution in [3.63, 3.8) is 0 Å². The van der Waals surface area contributed by atoms with Crippen molar-refractivity contribution in [2.75, 3.05) is 6.61 Å². The average Bonchev–Trinajstić information content (AvgIpc) is 2.15. The molecular formula is C12H15NO. The van der Waals surface area contributed by atoms with E-state index in [0.717, 1.165) is 23.3 Å². The third kappa shape index (κ3) is 2.26. The second kappa shape index (κ2) is 4.66. The lowest BCUT2D eigenvalue weighted by Gasteiger charge is -2.10. The maximum absolute atomic E-state index is 8.94. The van der Waals surface area contributed by atoms with Gasteiger partial charge in [0.2, 0.25) is 0 Å². The van der Waals surface area contributed by atoms with Crippen molar-refractivity contribution < 1.29 is 4.74 Å². The zero-order chi connectivity index (χ0) is 10.6. The van der Waals surface area contributed by atoms with Crippen molar-refractivity contribution in [3.05, 3.63) is 28.8 Å². The zero-order valence-electron chi connectivity index (χ0n) is 8.92. The molecule has 14 heavy (non-hydrogen) atoms. The molecule has 2 heteroatoms. The largest absolute Gasteiger partial charge is 0.492 e. The third-order valence-electron chi connectivity index (χ3n) is 1.99. The van der Waals surface area contributed by atoms with Crippen LogP contribution in [0.15, 0.2) is 12.1 Å². The minimum atomic E-state index is 0.635. The van der Waals surface area contributed by atoms with E-state index in [-0.39, 0.29) is 0 Å².